The molecule has 0 spiro atoms. The lowest BCUT2D eigenvalue weighted by Crippen LogP contribution is -2.62. The summed E-state index contributed by atoms with van der Waals surface area (Å²) in [5.74, 6) is 0.191. The van der Waals surface area contributed by atoms with Crippen molar-refractivity contribution in [1.29, 1.82) is 0 Å². The molecule has 0 radical (unpaired) electrons. The molecule has 1 aliphatic carbocycles. The van der Waals surface area contributed by atoms with Gasteiger partial charge in [0.15, 0.2) is 0 Å². The van der Waals surface area contributed by atoms with Gasteiger partial charge in [-0.05, 0) is 128 Å². The molecule has 2 aromatic heterocycles. The zero-order chi connectivity index (χ0) is 45.0. The minimum absolute atomic E-state index is 0.0232. The maximum Gasteiger partial charge on any atom is 0.252 e. The second-order valence-corrected chi connectivity index (χ2v) is 23.2. The van der Waals surface area contributed by atoms with Gasteiger partial charge in [-0.1, -0.05) is 156 Å². The van der Waals surface area contributed by atoms with Gasteiger partial charge < -0.3 is 14.4 Å². The summed E-state index contributed by atoms with van der Waals surface area (Å²) in [6.45, 7) is 18.8. The van der Waals surface area contributed by atoms with Crippen molar-refractivity contribution in [2.24, 2.45) is 0 Å². The summed E-state index contributed by atoms with van der Waals surface area (Å²) in [4.78, 5) is 8.08. The fraction of sp³-hybridized carbons (Fsp3) is 0.200. The lowest BCUT2D eigenvalue weighted by molar-refractivity contribution is 0.589. The zero-order valence-corrected chi connectivity index (χ0v) is 40.5. The number of para-hydroxylation sites is 2. The van der Waals surface area contributed by atoms with Gasteiger partial charge in [-0.2, -0.15) is 0 Å². The predicted molar refractivity (Wildman–Crippen MR) is 287 cm³/mol. The highest BCUT2D eigenvalue weighted by molar-refractivity contribution is 8.03. The maximum absolute atomic E-state index is 2.79. The van der Waals surface area contributed by atoms with Crippen LogP contribution in [0.3, 0.4) is 0 Å². The Morgan fingerprint density at radius 1 is 0.606 bits per heavy atom. The van der Waals surface area contributed by atoms with Crippen molar-refractivity contribution < 1.29 is 0 Å². The van der Waals surface area contributed by atoms with Crippen LogP contribution in [0.15, 0.2) is 168 Å². The van der Waals surface area contributed by atoms with Crippen LogP contribution in [0.5, 0.6) is 0 Å². The number of aromatic nitrogens is 1. The Bertz CT molecular complexity index is 3560. The van der Waals surface area contributed by atoms with Crippen LogP contribution in [-0.2, 0) is 10.8 Å². The minimum Gasteiger partial charge on any atom is -0.334 e. The number of thioether (sulfide) groups is 1. The van der Waals surface area contributed by atoms with E-state index in [1.54, 1.807) is 0 Å². The topological polar surface area (TPSA) is 11.4 Å². The number of anilines is 5. The number of hydrogen-bond acceptors (Lipinski definition) is 4. The van der Waals surface area contributed by atoms with E-state index in [9.17, 15) is 0 Å². The highest BCUT2D eigenvalue weighted by Crippen LogP contribution is 2.55. The molecule has 3 aliphatic heterocycles. The number of aryl methyl sites for hydroxylation is 2. The Labute approximate surface area is 397 Å². The molecule has 0 N–H and O–H groups in total. The van der Waals surface area contributed by atoms with E-state index in [4.69, 9.17) is 0 Å². The Morgan fingerprint density at radius 2 is 1.27 bits per heavy atom. The van der Waals surface area contributed by atoms with Crippen LogP contribution >= 0.6 is 23.1 Å². The molecule has 0 fully saturated rings. The molecule has 2 unspecified atom stereocenters. The number of hydrogen-bond donors (Lipinski definition) is 0. The average molecular weight is 890 g/mol. The van der Waals surface area contributed by atoms with Crippen molar-refractivity contribution in [3.63, 3.8) is 0 Å². The second-order valence-electron chi connectivity index (χ2n) is 21.0. The fourth-order valence-corrected chi connectivity index (χ4v) is 14.1. The molecule has 4 aliphatic rings. The number of rotatable bonds is 4. The Balaban J connectivity index is 1.18. The van der Waals surface area contributed by atoms with Gasteiger partial charge in [0, 0.05) is 60.4 Å². The number of thiophene rings is 1. The molecule has 13 rings (SSSR count). The van der Waals surface area contributed by atoms with Crippen molar-refractivity contribution in [1.82, 2.24) is 4.57 Å². The summed E-state index contributed by atoms with van der Waals surface area (Å²) in [5, 5.41) is 2.71. The smallest absolute Gasteiger partial charge is 0.252 e. The average Bonchev–Trinajstić information content (AvgIpc) is 3.98. The highest BCUT2D eigenvalue weighted by Gasteiger charge is 2.47. The maximum atomic E-state index is 2.79. The van der Waals surface area contributed by atoms with E-state index >= 15 is 0 Å². The van der Waals surface area contributed by atoms with Crippen LogP contribution in [0.1, 0.15) is 75.3 Å². The van der Waals surface area contributed by atoms with E-state index < -0.39 is 0 Å². The standard InChI is InChI=1S/C60H52BN3S2/c1-35-18-9-13-22-45(35)62(46-23-14-10-19-36(46)2)39-28-29-43-48(34-39)63(47-24-17-27-53-54(47)40-20-11-15-25-51(40)65-53)49-32-38(60(6,7)8)33-50-55(49)61(43)44-31-37(59(3,4)5)30-42-56(44)64(50)57-41-21-12-16-26-52(41)66-58(42)57/h9-34,47,54H,1-8H3. The van der Waals surface area contributed by atoms with Crippen molar-refractivity contribution in [2.75, 3.05) is 9.80 Å². The first-order valence-electron chi connectivity index (χ1n) is 23.5. The SMILES string of the molecule is Cc1ccccc1N(c1ccc2c(c1)N(C1C=CC=C3Sc4ccccc4C31)c1cc(C(C)(C)C)cc3c1B2c1cc(C(C)(C)C)cc2c4sc5ccccc5c4n-3c12)c1ccccc1C. The van der Waals surface area contributed by atoms with Gasteiger partial charge in [-0.25, -0.2) is 0 Å². The van der Waals surface area contributed by atoms with Crippen LogP contribution in [-0.4, -0.2) is 17.3 Å². The number of nitrogens with zero attached hydrogens (tertiary/aromatic N) is 3. The molecule has 0 saturated carbocycles. The Kier molecular flexibility index (Phi) is 8.60. The highest BCUT2D eigenvalue weighted by atomic mass is 32.2. The first kappa shape index (κ1) is 40.1. The third-order valence-electron chi connectivity index (χ3n) is 14.9. The Morgan fingerprint density at radius 3 is 2.02 bits per heavy atom. The molecule has 2 atom stereocenters. The van der Waals surface area contributed by atoms with Gasteiger partial charge in [-0.15, -0.1) is 11.3 Å². The van der Waals surface area contributed by atoms with Crippen LogP contribution < -0.4 is 26.2 Å². The molecular formula is C60H52BN3S2. The normalized spacial score (nSPS) is 17.0. The molecule has 0 saturated heterocycles. The molecular weight excluding hydrogens is 838 g/mol. The van der Waals surface area contributed by atoms with Gasteiger partial charge in [0.25, 0.3) is 6.71 Å². The minimum atomic E-state index is -0.108. The molecule has 322 valence electrons. The van der Waals surface area contributed by atoms with Crippen LogP contribution in [0.2, 0.25) is 0 Å². The largest absolute Gasteiger partial charge is 0.334 e. The van der Waals surface area contributed by atoms with E-state index in [2.05, 4.69) is 228 Å². The summed E-state index contributed by atoms with van der Waals surface area (Å²) in [6, 6.07) is 53.7. The lowest BCUT2D eigenvalue weighted by atomic mass is 9.33. The molecule has 3 nitrogen and oxygen atoms in total. The van der Waals surface area contributed by atoms with Crippen molar-refractivity contribution in [3.8, 4) is 5.69 Å². The summed E-state index contributed by atoms with van der Waals surface area (Å²) in [6.07, 6.45) is 7.20. The zero-order valence-electron chi connectivity index (χ0n) is 38.9. The quantitative estimate of drug-likeness (QED) is 0.163. The van der Waals surface area contributed by atoms with Crippen molar-refractivity contribution in [3.05, 3.63) is 190 Å². The van der Waals surface area contributed by atoms with Crippen molar-refractivity contribution >= 4 is 106 Å². The van der Waals surface area contributed by atoms with Crippen LogP contribution in [0.25, 0.3) is 36.9 Å². The molecule has 9 aromatic rings. The Hall–Kier alpha value is -6.21. The summed E-state index contributed by atoms with van der Waals surface area (Å²) in [7, 11) is 0. The second kappa shape index (κ2) is 14.2. The van der Waals surface area contributed by atoms with E-state index in [-0.39, 0.29) is 29.5 Å². The lowest BCUT2D eigenvalue weighted by Gasteiger charge is -2.46. The summed E-state index contributed by atoms with van der Waals surface area (Å²) >= 11 is 3.91. The van der Waals surface area contributed by atoms with Crippen molar-refractivity contribution in [2.45, 2.75) is 83.1 Å². The third kappa shape index (κ3) is 5.70. The van der Waals surface area contributed by atoms with E-state index in [1.807, 2.05) is 23.1 Å². The fourth-order valence-electron chi connectivity index (χ4n) is 11.6. The molecule has 6 heteroatoms. The van der Waals surface area contributed by atoms with Crippen LogP contribution in [0.4, 0.5) is 28.4 Å². The first-order valence-corrected chi connectivity index (χ1v) is 25.2. The molecule has 7 aromatic carbocycles. The first-order chi connectivity index (χ1) is 31.8. The third-order valence-corrected chi connectivity index (χ3v) is 17.3. The molecule has 66 heavy (non-hydrogen) atoms. The number of fused-ring (bicyclic) bond motifs is 12. The molecule has 5 heterocycles. The number of allylic oxidation sites excluding steroid dienone is 2. The monoisotopic (exact) mass is 889 g/mol. The van der Waals surface area contributed by atoms with Gasteiger partial charge in [-0.3, -0.25) is 0 Å². The summed E-state index contributed by atoms with van der Waals surface area (Å²) in [5.41, 5.74) is 20.8. The van der Waals surface area contributed by atoms with Gasteiger partial charge >= 0.3 is 0 Å². The summed E-state index contributed by atoms with van der Waals surface area (Å²) < 4.78 is 5.43. The van der Waals surface area contributed by atoms with Crippen LogP contribution in [0, 0.1) is 13.8 Å². The molecule has 0 amide bonds. The predicted octanol–water partition coefficient (Wildman–Crippen LogP) is 14.7. The van der Waals surface area contributed by atoms with E-state index in [0.717, 1.165) is 5.69 Å². The number of benzene rings is 7. The van der Waals surface area contributed by atoms with E-state index in [0.29, 0.717) is 0 Å². The van der Waals surface area contributed by atoms with Gasteiger partial charge in [0.2, 0.25) is 0 Å². The van der Waals surface area contributed by atoms with Gasteiger partial charge in [0.1, 0.15) is 0 Å². The van der Waals surface area contributed by atoms with E-state index in [1.165, 1.54) is 114 Å². The molecule has 0 bridgehead atoms. The van der Waals surface area contributed by atoms with Gasteiger partial charge in [0.05, 0.1) is 21.8 Å².